The van der Waals surface area contributed by atoms with E-state index in [-0.39, 0.29) is 31.1 Å². The average molecular weight is 442 g/mol. The lowest BCUT2D eigenvalue weighted by Gasteiger charge is -2.24. The summed E-state index contributed by atoms with van der Waals surface area (Å²) in [6.07, 6.45) is 0.250. The highest BCUT2D eigenvalue weighted by atomic mass is 32.2. The van der Waals surface area contributed by atoms with Gasteiger partial charge in [-0.3, -0.25) is 24.5 Å². The second kappa shape index (κ2) is 8.76. The number of thiophene rings is 1. The van der Waals surface area contributed by atoms with Gasteiger partial charge in [-0.2, -0.15) is 0 Å². The standard InChI is InChI=1S/C21H19N3O4S2/c25-19(12-18-21(28)22-14-4-1-2-5-16(14)30-18)23-24-13(8-10-20(26)27)7-9-15(24)17-6-3-11-29-17/h1-7,9,11,18H,8,10,12H2,(H,22,28)(H,23,25)(H,26,27)/t18-/m0/s1. The van der Waals surface area contributed by atoms with E-state index in [1.165, 1.54) is 23.1 Å². The van der Waals surface area contributed by atoms with Gasteiger partial charge in [0.1, 0.15) is 0 Å². The topological polar surface area (TPSA) is 100 Å². The maximum atomic E-state index is 12.8. The van der Waals surface area contributed by atoms with E-state index in [1.54, 1.807) is 4.68 Å². The molecular weight excluding hydrogens is 422 g/mol. The Morgan fingerprint density at radius 3 is 2.73 bits per heavy atom. The zero-order valence-electron chi connectivity index (χ0n) is 15.8. The van der Waals surface area contributed by atoms with E-state index in [4.69, 9.17) is 5.11 Å². The molecule has 0 spiro atoms. The molecule has 9 heteroatoms. The van der Waals surface area contributed by atoms with Crippen LogP contribution in [0.15, 0.2) is 58.8 Å². The lowest BCUT2D eigenvalue weighted by Crippen LogP contribution is -2.34. The monoisotopic (exact) mass is 441 g/mol. The predicted octanol–water partition coefficient (Wildman–Crippen LogP) is 3.81. The normalized spacial score (nSPS) is 15.3. The van der Waals surface area contributed by atoms with E-state index in [0.717, 1.165) is 21.2 Å². The fourth-order valence-electron chi connectivity index (χ4n) is 3.22. The number of nitrogens with one attached hydrogen (secondary N) is 2. The number of rotatable bonds is 7. The van der Waals surface area contributed by atoms with Crippen LogP contribution in [0.3, 0.4) is 0 Å². The van der Waals surface area contributed by atoms with E-state index >= 15 is 0 Å². The summed E-state index contributed by atoms with van der Waals surface area (Å²) in [4.78, 5) is 38.1. The van der Waals surface area contributed by atoms with Crippen LogP contribution in [0.1, 0.15) is 18.5 Å². The summed E-state index contributed by atoms with van der Waals surface area (Å²) >= 11 is 2.90. The summed E-state index contributed by atoms with van der Waals surface area (Å²) in [6, 6.07) is 15.0. The van der Waals surface area contributed by atoms with Crippen molar-refractivity contribution >= 4 is 46.6 Å². The van der Waals surface area contributed by atoms with E-state index in [9.17, 15) is 14.4 Å². The molecule has 4 rings (SSSR count). The Morgan fingerprint density at radius 2 is 1.97 bits per heavy atom. The smallest absolute Gasteiger partial charge is 0.303 e. The highest BCUT2D eigenvalue weighted by Crippen LogP contribution is 2.36. The quantitative estimate of drug-likeness (QED) is 0.518. The molecule has 0 unspecified atom stereocenters. The SMILES string of the molecule is O=C(O)CCc1ccc(-c2cccs2)n1NC(=O)C[C@@H]1Sc2ccccc2NC1=O. The number of carbonyl (C=O) groups excluding carboxylic acids is 2. The molecule has 3 aromatic rings. The van der Waals surface area contributed by atoms with Crippen molar-refractivity contribution in [1.29, 1.82) is 0 Å². The first-order chi connectivity index (χ1) is 14.5. The Bertz CT molecular complexity index is 1090. The van der Waals surface area contributed by atoms with E-state index in [1.807, 2.05) is 53.9 Å². The third-order valence-corrected chi connectivity index (χ3v) is 6.81. The molecule has 2 amide bonds. The first-order valence-electron chi connectivity index (χ1n) is 9.34. The number of fused-ring (bicyclic) bond motifs is 1. The summed E-state index contributed by atoms with van der Waals surface area (Å²) in [5.74, 6) is -1.42. The Labute approximate surface area is 181 Å². The van der Waals surface area contributed by atoms with Crippen molar-refractivity contribution in [3.8, 4) is 10.6 Å². The van der Waals surface area contributed by atoms with Gasteiger partial charge in [0.15, 0.2) is 0 Å². The predicted molar refractivity (Wildman–Crippen MR) is 117 cm³/mol. The van der Waals surface area contributed by atoms with Crippen molar-refractivity contribution in [2.75, 3.05) is 10.7 Å². The molecule has 3 N–H and O–H groups in total. The summed E-state index contributed by atoms with van der Waals surface area (Å²) in [6.45, 7) is 0. The Balaban J connectivity index is 1.52. The van der Waals surface area contributed by atoms with E-state index in [0.29, 0.717) is 5.69 Å². The lowest BCUT2D eigenvalue weighted by molar-refractivity contribution is -0.137. The number of nitrogens with zero attached hydrogens (tertiary/aromatic N) is 1. The molecule has 154 valence electrons. The van der Waals surface area contributed by atoms with Gasteiger partial charge in [-0.05, 0) is 35.7 Å². The van der Waals surface area contributed by atoms with Crippen LogP contribution in [0.5, 0.6) is 0 Å². The number of aryl methyl sites for hydroxylation is 1. The number of para-hydroxylation sites is 1. The van der Waals surface area contributed by atoms with Crippen molar-refractivity contribution in [1.82, 2.24) is 4.68 Å². The number of anilines is 1. The van der Waals surface area contributed by atoms with Crippen molar-refractivity contribution in [3.05, 3.63) is 59.6 Å². The van der Waals surface area contributed by atoms with Gasteiger partial charge in [0.05, 0.1) is 27.9 Å². The molecule has 1 atom stereocenters. The first kappa shape index (κ1) is 20.2. The number of thioether (sulfide) groups is 1. The number of carboxylic acid groups (broad SMARTS) is 1. The molecule has 2 aromatic heterocycles. The summed E-state index contributed by atoms with van der Waals surface area (Å²) in [7, 11) is 0. The Kier molecular flexibility index (Phi) is 5.91. The number of benzene rings is 1. The minimum atomic E-state index is -0.902. The number of aromatic nitrogens is 1. The van der Waals surface area contributed by atoms with Crippen LogP contribution in [0.2, 0.25) is 0 Å². The third kappa shape index (κ3) is 4.42. The number of amides is 2. The molecule has 1 aliphatic rings. The Hall–Kier alpha value is -3.04. The average Bonchev–Trinajstić information content (AvgIpc) is 3.37. The van der Waals surface area contributed by atoms with Crippen LogP contribution in [0, 0.1) is 0 Å². The second-order valence-electron chi connectivity index (χ2n) is 6.75. The molecule has 0 fully saturated rings. The van der Waals surface area contributed by atoms with Crippen LogP contribution < -0.4 is 10.7 Å². The molecule has 0 radical (unpaired) electrons. The maximum absolute atomic E-state index is 12.8. The summed E-state index contributed by atoms with van der Waals surface area (Å²) in [5.41, 5.74) is 5.09. The van der Waals surface area contributed by atoms with Crippen LogP contribution in [-0.4, -0.2) is 32.8 Å². The highest BCUT2D eigenvalue weighted by molar-refractivity contribution is 8.01. The van der Waals surface area contributed by atoms with Crippen LogP contribution in [0.25, 0.3) is 10.6 Å². The number of carboxylic acids is 1. The van der Waals surface area contributed by atoms with Crippen molar-refractivity contribution in [3.63, 3.8) is 0 Å². The molecule has 1 aliphatic heterocycles. The molecular formula is C21H19N3O4S2. The van der Waals surface area contributed by atoms with Crippen molar-refractivity contribution < 1.29 is 19.5 Å². The van der Waals surface area contributed by atoms with Gasteiger partial charge in [0.2, 0.25) is 11.8 Å². The minimum absolute atomic E-state index is 0.00522. The first-order valence-corrected chi connectivity index (χ1v) is 11.1. The van der Waals surface area contributed by atoms with Crippen molar-refractivity contribution in [2.24, 2.45) is 0 Å². The van der Waals surface area contributed by atoms with Crippen molar-refractivity contribution in [2.45, 2.75) is 29.4 Å². The van der Waals surface area contributed by atoms with Gasteiger partial charge in [-0.15, -0.1) is 23.1 Å². The minimum Gasteiger partial charge on any atom is -0.481 e. The van der Waals surface area contributed by atoms with Gasteiger partial charge < -0.3 is 10.4 Å². The van der Waals surface area contributed by atoms with Gasteiger partial charge >= 0.3 is 5.97 Å². The molecule has 7 nitrogen and oxygen atoms in total. The number of hydrogen-bond acceptors (Lipinski definition) is 5. The number of hydrogen-bond donors (Lipinski definition) is 3. The second-order valence-corrected chi connectivity index (χ2v) is 8.94. The molecule has 3 heterocycles. The molecule has 0 bridgehead atoms. The number of carbonyl (C=O) groups is 3. The molecule has 0 saturated carbocycles. The Morgan fingerprint density at radius 1 is 1.13 bits per heavy atom. The molecule has 30 heavy (non-hydrogen) atoms. The zero-order chi connectivity index (χ0) is 21.1. The maximum Gasteiger partial charge on any atom is 0.303 e. The molecule has 1 aromatic carbocycles. The fourth-order valence-corrected chi connectivity index (χ4v) is 5.07. The zero-order valence-corrected chi connectivity index (χ0v) is 17.5. The summed E-state index contributed by atoms with van der Waals surface area (Å²) in [5, 5.41) is 13.3. The van der Waals surface area contributed by atoms with Crippen LogP contribution >= 0.6 is 23.1 Å². The molecule has 0 saturated heterocycles. The molecule has 0 aliphatic carbocycles. The van der Waals surface area contributed by atoms with E-state index in [2.05, 4.69) is 10.7 Å². The third-order valence-electron chi connectivity index (χ3n) is 4.64. The largest absolute Gasteiger partial charge is 0.481 e. The summed E-state index contributed by atoms with van der Waals surface area (Å²) < 4.78 is 1.64. The van der Waals surface area contributed by atoms with Gasteiger partial charge in [0, 0.05) is 23.4 Å². The van der Waals surface area contributed by atoms with Crippen LogP contribution in [-0.2, 0) is 20.8 Å². The van der Waals surface area contributed by atoms with Crippen LogP contribution in [0.4, 0.5) is 5.69 Å². The van der Waals surface area contributed by atoms with Gasteiger partial charge in [-0.25, -0.2) is 0 Å². The number of aliphatic carboxylic acids is 1. The lowest BCUT2D eigenvalue weighted by atomic mass is 10.2. The van der Waals surface area contributed by atoms with Gasteiger partial charge in [-0.1, -0.05) is 18.2 Å². The fraction of sp³-hybridized carbons (Fsp3) is 0.190. The highest BCUT2D eigenvalue weighted by Gasteiger charge is 2.29. The van der Waals surface area contributed by atoms with E-state index < -0.39 is 11.2 Å². The van der Waals surface area contributed by atoms with Gasteiger partial charge in [0.25, 0.3) is 0 Å².